The van der Waals surface area contributed by atoms with E-state index in [2.05, 4.69) is 20.3 Å². The summed E-state index contributed by atoms with van der Waals surface area (Å²) in [5, 5.41) is 2.90. The van der Waals surface area contributed by atoms with Crippen LogP contribution in [-0.2, 0) is 4.74 Å². The molecule has 1 N–H and O–H groups in total. The molecule has 1 aliphatic carbocycles. The molecule has 1 amide bonds. The van der Waals surface area contributed by atoms with Crippen LogP contribution in [0.5, 0.6) is 0 Å². The monoisotopic (exact) mass is 273 g/mol. The fraction of sp³-hybridized carbons (Fsp3) is 0.385. The highest BCUT2D eigenvalue weighted by molar-refractivity contribution is 5.90. The van der Waals surface area contributed by atoms with Crippen LogP contribution in [0.25, 0.3) is 5.82 Å². The summed E-state index contributed by atoms with van der Waals surface area (Å²) in [4.78, 5) is 24.3. The van der Waals surface area contributed by atoms with Gasteiger partial charge in [-0.1, -0.05) is 0 Å². The summed E-state index contributed by atoms with van der Waals surface area (Å²) in [7, 11) is 1.68. The number of methoxy groups -OCH3 is 1. The second kappa shape index (κ2) is 5.38. The Bertz CT molecular complexity index is 593. The van der Waals surface area contributed by atoms with Crippen molar-refractivity contribution in [3.8, 4) is 5.82 Å². The third kappa shape index (κ3) is 2.53. The van der Waals surface area contributed by atoms with E-state index in [0.717, 1.165) is 12.8 Å². The van der Waals surface area contributed by atoms with Gasteiger partial charge in [-0.2, -0.15) is 0 Å². The molecule has 0 radical (unpaired) electrons. The molecule has 7 nitrogen and oxygen atoms in total. The van der Waals surface area contributed by atoms with E-state index in [-0.39, 0.29) is 23.9 Å². The fourth-order valence-electron chi connectivity index (χ4n) is 2.12. The lowest BCUT2D eigenvalue weighted by molar-refractivity contribution is 0.0174. The number of carbonyl (C=O) groups excluding carboxylic acids is 1. The average molecular weight is 273 g/mol. The molecule has 104 valence electrons. The molecule has 2 aromatic heterocycles. The zero-order chi connectivity index (χ0) is 13.9. The molecule has 0 spiro atoms. The van der Waals surface area contributed by atoms with Gasteiger partial charge in [-0.25, -0.2) is 15.0 Å². The molecule has 2 heterocycles. The highest BCUT2D eigenvalue weighted by Crippen LogP contribution is 2.22. The minimum Gasteiger partial charge on any atom is -0.381 e. The van der Waals surface area contributed by atoms with E-state index >= 15 is 0 Å². The summed E-state index contributed by atoms with van der Waals surface area (Å²) >= 11 is 0. The number of carbonyl (C=O) groups is 1. The first kappa shape index (κ1) is 12.7. The minimum absolute atomic E-state index is 0.146. The Kier molecular flexibility index (Phi) is 3.42. The van der Waals surface area contributed by atoms with E-state index in [0.29, 0.717) is 5.82 Å². The molecule has 0 aromatic carbocycles. The Morgan fingerprint density at radius 2 is 2.30 bits per heavy atom. The first-order chi connectivity index (χ1) is 9.76. The fourth-order valence-corrected chi connectivity index (χ4v) is 2.12. The summed E-state index contributed by atoms with van der Waals surface area (Å²) in [6.07, 6.45) is 8.53. The number of aromatic nitrogens is 4. The number of hydrogen-bond acceptors (Lipinski definition) is 5. The zero-order valence-corrected chi connectivity index (χ0v) is 11.1. The highest BCUT2D eigenvalue weighted by atomic mass is 16.5. The second-order valence-corrected chi connectivity index (χ2v) is 4.71. The van der Waals surface area contributed by atoms with Crippen molar-refractivity contribution in [1.82, 2.24) is 24.8 Å². The maximum Gasteiger partial charge on any atom is 0.289 e. The third-order valence-corrected chi connectivity index (χ3v) is 3.38. The average Bonchev–Trinajstić information content (AvgIpc) is 2.96. The molecule has 1 saturated carbocycles. The normalized spacial score (nSPS) is 21.2. The quantitative estimate of drug-likeness (QED) is 0.880. The van der Waals surface area contributed by atoms with Crippen LogP contribution in [0, 0.1) is 0 Å². The molecule has 7 heteroatoms. The van der Waals surface area contributed by atoms with E-state index < -0.39 is 0 Å². The Morgan fingerprint density at radius 3 is 3.00 bits per heavy atom. The van der Waals surface area contributed by atoms with Gasteiger partial charge in [0, 0.05) is 31.7 Å². The van der Waals surface area contributed by atoms with Gasteiger partial charge in [-0.15, -0.1) is 0 Å². The van der Waals surface area contributed by atoms with Crippen LogP contribution in [0.4, 0.5) is 0 Å². The molecule has 0 unspecified atom stereocenters. The summed E-state index contributed by atoms with van der Waals surface area (Å²) < 4.78 is 6.90. The predicted molar refractivity (Wildman–Crippen MR) is 70.4 cm³/mol. The standard InChI is InChI=1S/C13H15N5O2/c1-20-10-6-9(7-10)16-13(19)12-15-3-2-11(17-12)18-5-4-14-8-18/h2-5,8-10H,6-7H2,1H3,(H,16,19). The van der Waals surface area contributed by atoms with Crippen molar-refractivity contribution >= 4 is 5.91 Å². The number of nitrogens with one attached hydrogen (secondary N) is 1. The van der Waals surface area contributed by atoms with Crippen LogP contribution in [0.1, 0.15) is 23.5 Å². The molecule has 2 aromatic rings. The number of nitrogens with zero attached hydrogens (tertiary/aromatic N) is 4. The van der Waals surface area contributed by atoms with Crippen LogP contribution in [0.15, 0.2) is 31.0 Å². The van der Waals surface area contributed by atoms with E-state index in [1.54, 1.807) is 42.7 Å². The summed E-state index contributed by atoms with van der Waals surface area (Å²) in [6, 6.07) is 1.87. The Hall–Kier alpha value is -2.28. The van der Waals surface area contributed by atoms with E-state index in [1.807, 2.05) is 0 Å². The Balaban J connectivity index is 1.68. The van der Waals surface area contributed by atoms with Gasteiger partial charge in [0.1, 0.15) is 12.1 Å². The van der Waals surface area contributed by atoms with Crippen molar-refractivity contribution in [2.24, 2.45) is 0 Å². The lowest BCUT2D eigenvalue weighted by Crippen LogP contribution is -2.47. The first-order valence-electron chi connectivity index (χ1n) is 6.41. The number of ether oxygens (including phenoxy) is 1. The summed E-state index contributed by atoms with van der Waals surface area (Å²) in [6.45, 7) is 0. The topological polar surface area (TPSA) is 81.9 Å². The van der Waals surface area contributed by atoms with Crippen LogP contribution in [-0.4, -0.2) is 44.7 Å². The lowest BCUT2D eigenvalue weighted by atomic mass is 9.89. The largest absolute Gasteiger partial charge is 0.381 e. The molecule has 0 atom stereocenters. The lowest BCUT2D eigenvalue weighted by Gasteiger charge is -2.34. The maximum absolute atomic E-state index is 12.1. The molecule has 1 fully saturated rings. The van der Waals surface area contributed by atoms with Gasteiger partial charge < -0.3 is 10.1 Å². The smallest absolute Gasteiger partial charge is 0.289 e. The van der Waals surface area contributed by atoms with Gasteiger partial charge in [0.15, 0.2) is 0 Å². The molecule has 0 aliphatic heterocycles. The van der Waals surface area contributed by atoms with Crippen molar-refractivity contribution in [1.29, 1.82) is 0 Å². The second-order valence-electron chi connectivity index (χ2n) is 4.71. The number of hydrogen-bond donors (Lipinski definition) is 1. The van der Waals surface area contributed by atoms with Gasteiger partial charge in [-0.3, -0.25) is 9.36 Å². The van der Waals surface area contributed by atoms with Crippen molar-refractivity contribution in [2.75, 3.05) is 7.11 Å². The molecular formula is C13H15N5O2. The first-order valence-corrected chi connectivity index (χ1v) is 6.41. The van der Waals surface area contributed by atoms with Gasteiger partial charge in [-0.05, 0) is 18.9 Å². The number of imidazole rings is 1. The number of amides is 1. The zero-order valence-electron chi connectivity index (χ0n) is 11.1. The van der Waals surface area contributed by atoms with Gasteiger partial charge in [0.25, 0.3) is 5.91 Å². The van der Waals surface area contributed by atoms with E-state index in [9.17, 15) is 4.79 Å². The van der Waals surface area contributed by atoms with Crippen molar-refractivity contribution in [2.45, 2.75) is 25.0 Å². The van der Waals surface area contributed by atoms with Gasteiger partial charge >= 0.3 is 0 Å². The highest BCUT2D eigenvalue weighted by Gasteiger charge is 2.30. The predicted octanol–water partition coefficient (Wildman–Crippen LogP) is 0.569. The Morgan fingerprint density at radius 1 is 1.45 bits per heavy atom. The van der Waals surface area contributed by atoms with Crippen LogP contribution in [0.2, 0.25) is 0 Å². The summed E-state index contributed by atoms with van der Waals surface area (Å²) in [5.41, 5.74) is 0. The van der Waals surface area contributed by atoms with Gasteiger partial charge in [0.05, 0.1) is 6.10 Å². The Labute approximate surface area is 116 Å². The van der Waals surface area contributed by atoms with Crippen LogP contribution in [0.3, 0.4) is 0 Å². The summed E-state index contributed by atoms with van der Waals surface area (Å²) in [5.74, 6) is 0.523. The molecule has 20 heavy (non-hydrogen) atoms. The van der Waals surface area contributed by atoms with Crippen molar-refractivity contribution < 1.29 is 9.53 Å². The number of rotatable bonds is 4. The van der Waals surface area contributed by atoms with Crippen LogP contribution < -0.4 is 5.32 Å². The molecular weight excluding hydrogens is 258 g/mol. The molecule has 0 bridgehead atoms. The minimum atomic E-state index is -0.258. The molecule has 0 saturated heterocycles. The third-order valence-electron chi connectivity index (χ3n) is 3.38. The maximum atomic E-state index is 12.1. The van der Waals surface area contributed by atoms with Gasteiger partial charge in [0.2, 0.25) is 5.82 Å². The van der Waals surface area contributed by atoms with Crippen molar-refractivity contribution in [3.05, 3.63) is 36.8 Å². The van der Waals surface area contributed by atoms with Crippen molar-refractivity contribution in [3.63, 3.8) is 0 Å². The van der Waals surface area contributed by atoms with Crippen LogP contribution >= 0.6 is 0 Å². The molecule has 3 rings (SSSR count). The van der Waals surface area contributed by atoms with E-state index in [4.69, 9.17) is 4.74 Å². The van der Waals surface area contributed by atoms with E-state index in [1.165, 1.54) is 0 Å². The molecule has 1 aliphatic rings. The SMILES string of the molecule is COC1CC(NC(=O)c2nccc(-n3ccnc3)n2)C1.